The lowest BCUT2D eigenvalue weighted by atomic mass is 9.99. The monoisotopic (exact) mass is 716 g/mol. The Hall–Kier alpha value is -7.63. The predicted octanol–water partition coefficient (Wildman–Crippen LogP) is 13.2. The number of benzene rings is 8. The Morgan fingerprint density at radius 2 is 0.875 bits per heavy atom. The van der Waals surface area contributed by atoms with Gasteiger partial charge in [0, 0.05) is 43.9 Å². The summed E-state index contributed by atoms with van der Waals surface area (Å²) < 4.78 is 8.84. The number of rotatable bonds is 6. The first-order chi connectivity index (χ1) is 27.7. The van der Waals surface area contributed by atoms with E-state index in [1.165, 1.54) is 21.8 Å². The molecule has 0 aliphatic rings. The molecule has 0 saturated carbocycles. The van der Waals surface area contributed by atoms with Crippen LogP contribution in [-0.4, -0.2) is 19.5 Å². The number of aromatic nitrogens is 4. The maximum atomic E-state index is 6.50. The van der Waals surface area contributed by atoms with Gasteiger partial charge < -0.3 is 8.98 Å². The second-order valence-corrected chi connectivity index (χ2v) is 14.0. The Balaban J connectivity index is 1.06. The molecule has 5 heteroatoms. The quantitative estimate of drug-likeness (QED) is 0.172. The van der Waals surface area contributed by atoms with E-state index in [0.29, 0.717) is 17.5 Å². The maximum absolute atomic E-state index is 6.50. The Kier molecular flexibility index (Phi) is 7.42. The summed E-state index contributed by atoms with van der Waals surface area (Å²) in [6.07, 6.45) is 0. The second-order valence-electron chi connectivity index (χ2n) is 14.0. The molecule has 11 aromatic rings. The molecular formula is C51H32N4O. The van der Waals surface area contributed by atoms with E-state index in [2.05, 4.69) is 150 Å². The lowest BCUT2D eigenvalue weighted by Crippen LogP contribution is -2.00. The summed E-state index contributed by atoms with van der Waals surface area (Å²) in [5.41, 5.74) is 12.4. The molecule has 0 amide bonds. The molecule has 11 rings (SSSR count). The molecule has 5 nitrogen and oxygen atoms in total. The zero-order valence-electron chi connectivity index (χ0n) is 30.2. The molecule has 0 fully saturated rings. The van der Waals surface area contributed by atoms with Crippen LogP contribution in [-0.2, 0) is 0 Å². The van der Waals surface area contributed by atoms with Crippen LogP contribution in [0.2, 0.25) is 0 Å². The standard InChI is InChI=1S/C51H32N4O/c1-4-13-33(14-5-1)34-23-25-36(26-24-34)50-52-49(35-15-6-2-7-16-35)53-51(54-50)41-20-12-22-47-48(41)43-32-38(28-30-46(43)56-47)37-27-29-45-42(31-37)40-19-10-11-21-44(40)55(45)39-17-8-3-9-18-39/h1-32H. The van der Waals surface area contributed by atoms with Crippen LogP contribution in [0.1, 0.15) is 0 Å². The van der Waals surface area contributed by atoms with Gasteiger partial charge in [0.05, 0.1) is 11.0 Å². The lowest BCUT2D eigenvalue weighted by molar-refractivity contribution is 0.669. The van der Waals surface area contributed by atoms with Gasteiger partial charge >= 0.3 is 0 Å². The summed E-state index contributed by atoms with van der Waals surface area (Å²) in [7, 11) is 0. The summed E-state index contributed by atoms with van der Waals surface area (Å²) in [6, 6.07) is 67.5. The predicted molar refractivity (Wildman–Crippen MR) is 229 cm³/mol. The van der Waals surface area contributed by atoms with E-state index in [-0.39, 0.29) is 0 Å². The third kappa shape index (κ3) is 5.37. The molecule has 3 aromatic heterocycles. The smallest absolute Gasteiger partial charge is 0.164 e. The molecule has 0 spiro atoms. The molecule has 262 valence electrons. The third-order valence-electron chi connectivity index (χ3n) is 10.7. The van der Waals surface area contributed by atoms with Crippen molar-refractivity contribution in [3.05, 3.63) is 194 Å². The highest BCUT2D eigenvalue weighted by Gasteiger charge is 2.19. The molecular weight excluding hydrogens is 685 g/mol. The molecule has 56 heavy (non-hydrogen) atoms. The SMILES string of the molecule is c1ccc(-c2ccc(-c3nc(-c4ccccc4)nc(-c4cccc5oc6ccc(-c7ccc8c(c7)c7ccccc7n8-c7ccccc7)cc6c45)n3)cc2)cc1. The van der Waals surface area contributed by atoms with Gasteiger partial charge in [-0.05, 0) is 70.8 Å². The van der Waals surface area contributed by atoms with Gasteiger partial charge in [-0.1, -0.05) is 146 Å². The van der Waals surface area contributed by atoms with E-state index < -0.39 is 0 Å². The van der Waals surface area contributed by atoms with Crippen molar-refractivity contribution < 1.29 is 4.42 Å². The van der Waals surface area contributed by atoms with Crippen molar-refractivity contribution in [3.63, 3.8) is 0 Å². The zero-order valence-corrected chi connectivity index (χ0v) is 30.2. The molecule has 0 aliphatic heterocycles. The van der Waals surface area contributed by atoms with Crippen molar-refractivity contribution in [1.29, 1.82) is 0 Å². The highest BCUT2D eigenvalue weighted by Crippen LogP contribution is 2.40. The fourth-order valence-corrected chi connectivity index (χ4v) is 7.98. The van der Waals surface area contributed by atoms with Crippen LogP contribution in [0.4, 0.5) is 0 Å². The zero-order chi connectivity index (χ0) is 37.0. The normalized spacial score (nSPS) is 11.6. The Morgan fingerprint density at radius 3 is 1.62 bits per heavy atom. The second kappa shape index (κ2) is 13.0. The number of hydrogen-bond acceptors (Lipinski definition) is 4. The largest absolute Gasteiger partial charge is 0.456 e. The first-order valence-electron chi connectivity index (χ1n) is 18.8. The van der Waals surface area contributed by atoms with Crippen LogP contribution >= 0.6 is 0 Å². The highest BCUT2D eigenvalue weighted by atomic mass is 16.3. The van der Waals surface area contributed by atoms with Crippen molar-refractivity contribution in [1.82, 2.24) is 19.5 Å². The van der Waals surface area contributed by atoms with Gasteiger partial charge in [0.2, 0.25) is 0 Å². The summed E-state index contributed by atoms with van der Waals surface area (Å²) in [6.45, 7) is 0. The number of fused-ring (bicyclic) bond motifs is 6. The molecule has 0 N–H and O–H groups in total. The number of hydrogen-bond donors (Lipinski definition) is 0. The minimum Gasteiger partial charge on any atom is -0.456 e. The molecule has 0 atom stereocenters. The van der Waals surface area contributed by atoms with Crippen LogP contribution in [0, 0.1) is 0 Å². The van der Waals surface area contributed by atoms with E-state index in [1.807, 2.05) is 48.5 Å². The minimum atomic E-state index is 0.592. The summed E-state index contributed by atoms with van der Waals surface area (Å²) in [4.78, 5) is 15.3. The molecule has 0 radical (unpaired) electrons. The summed E-state index contributed by atoms with van der Waals surface area (Å²) in [5.74, 6) is 1.82. The van der Waals surface area contributed by atoms with Crippen molar-refractivity contribution in [3.8, 4) is 62.1 Å². The van der Waals surface area contributed by atoms with Crippen molar-refractivity contribution in [2.75, 3.05) is 0 Å². The fraction of sp³-hybridized carbons (Fsp3) is 0. The van der Waals surface area contributed by atoms with Gasteiger partial charge in [0.25, 0.3) is 0 Å². The Morgan fingerprint density at radius 1 is 0.339 bits per heavy atom. The third-order valence-corrected chi connectivity index (χ3v) is 10.7. The van der Waals surface area contributed by atoms with Gasteiger partial charge in [-0.25, -0.2) is 15.0 Å². The fourth-order valence-electron chi connectivity index (χ4n) is 7.98. The van der Waals surface area contributed by atoms with Crippen LogP contribution < -0.4 is 0 Å². The molecule has 0 bridgehead atoms. The van der Waals surface area contributed by atoms with Crippen molar-refractivity contribution in [2.45, 2.75) is 0 Å². The van der Waals surface area contributed by atoms with E-state index in [1.54, 1.807) is 0 Å². The van der Waals surface area contributed by atoms with Gasteiger partial charge in [-0.3, -0.25) is 0 Å². The number of nitrogens with zero attached hydrogens (tertiary/aromatic N) is 4. The van der Waals surface area contributed by atoms with E-state index in [4.69, 9.17) is 19.4 Å². The van der Waals surface area contributed by atoms with Gasteiger partial charge in [-0.15, -0.1) is 0 Å². The van der Waals surface area contributed by atoms with Crippen LogP contribution in [0.15, 0.2) is 199 Å². The first-order valence-corrected chi connectivity index (χ1v) is 18.8. The number of furan rings is 1. The molecule has 0 unspecified atom stereocenters. The molecule has 0 aliphatic carbocycles. The maximum Gasteiger partial charge on any atom is 0.164 e. The van der Waals surface area contributed by atoms with E-state index in [9.17, 15) is 0 Å². The topological polar surface area (TPSA) is 56.7 Å². The van der Waals surface area contributed by atoms with Crippen LogP contribution in [0.3, 0.4) is 0 Å². The van der Waals surface area contributed by atoms with Crippen molar-refractivity contribution in [2.24, 2.45) is 0 Å². The number of para-hydroxylation sites is 2. The summed E-state index contributed by atoms with van der Waals surface area (Å²) >= 11 is 0. The average Bonchev–Trinajstić information content (AvgIpc) is 3.82. The molecule has 8 aromatic carbocycles. The Bertz CT molecular complexity index is 3220. The van der Waals surface area contributed by atoms with Gasteiger partial charge in [0.1, 0.15) is 11.2 Å². The van der Waals surface area contributed by atoms with Gasteiger partial charge in [0.15, 0.2) is 17.5 Å². The van der Waals surface area contributed by atoms with Crippen LogP contribution in [0.5, 0.6) is 0 Å². The van der Waals surface area contributed by atoms with Crippen LogP contribution in [0.25, 0.3) is 106 Å². The Labute approximate surface area is 322 Å². The lowest BCUT2D eigenvalue weighted by Gasteiger charge is -2.10. The van der Waals surface area contributed by atoms with E-state index in [0.717, 1.165) is 66.6 Å². The average molecular weight is 717 g/mol. The van der Waals surface area contributed by atoms with E-state index >= 15 is 0 Å². The van der Waals surface area contributed by atoms with Gasteiger partial charge in [-0.2, -0.15) is 0 Å². The first kappa shape index (κ1) is 31.9. The highest BCUT2D eigenvalue weighted by molar-refractivity contribution is 6.14. The van der Waals surface area contributed by atoms with Crippen molar-refractivity contribution >= 4 is 43.7 Å². The molecule has 3 heterocycles. The minimum absolute atomic E-state index is 0.592. The summed E-state index contributed by atoms with van der Waals surface area (Å²) in [5, 5.41) is 4.42. The molecule has 0 saturated heterocycles.